The summed E-state index contributed by atoms with van der Waals surface area (Å²) >= 11 is 0. The number of amides is 1. The van der Waals surface area contributed by atoms with Crippen LogP contribution < -0.4 is 5.32 Å². The van der Waals surface area contributed by atoms with Crippen LogP contribution in [0.2, 0.25) is 0 Å². The molecule has 15 heavy (non-hydrogen) atoms. The Kier molecular flexibility index (Phi) is 2.64. The number of carbonyl (C=O) groups excluding carboxylic acids is 1. The van der Waals surface area contributed by atoms with Crippen molar-refractivity contribution in [3.05, 3.63) is 29.8 Å². The number of carbonyl (C=O) groups is 1. The van der Waals surface area contributed by atoms with Gasteiger partial charge >= 0.3 is 0 Å². The minimum absolute atomic E-state index is 0.0133. The van der Waals surface area contributed by atoms with Gasteiger partial charge in [-0.25, -0.2) is 9.37 Å². The summed E-state index contributed by atoms with van der Waals surface area (Å²) in [4.78, 5) is 15.1. The van der Waals surface area contributed by atoms with Gasteiger partial charge in [-0.05, 0) is 25.0 Å². The smallest absolute Gasteiger partial charge is 0.270 e. The van der Waals surface area contributed by atoms with Crippen LogP contribution >= 0.6 is 0 Å². The Balaban J connectivity index is 1.93. The predicted molar refractivity (Wildman–Crippen MR) is 50.7 cm³/mol. The van der Waals surface area contributed by atoms with Gasteiger partial charge in [-0.15, -0.1) is 0 Å². The number of aliphatic hydroxyl groups is 1. The summed E-state index contributed by atoms with van der Waals surface area (Å²) in [5.74, 6) is -0.794. The Bertz CT molecular complexity index is 360. The van der Waals surface area contributed by atoms with E-state index in [1.54, 1.807) is 0 Å². The molecule has 0 unspecified atom stereocenters. The first-order valence-electron chi connectivity index (χ1n) is 4.75. The summed E-state index contributed by atoms with van der Waals surface area (Å²) in [6, 6.07) is 2.54. The van der Waals surface area contributed by atoms with Crippen molar-refractivity contribution in [2.75, 3.05) is 0 Å². The van der Waals surface area contributed by atoms with Gasteiger partial charge in [0.25, 0.3) is 5.91 Å². The number of hydrogen-bond donors (Lipinski definition) is 2. The molecule has 1 saturated carbocycles. The van der Waals surface area contributed by atoms with Gasteiger partial charge in [0.15, 0.2) is 0 Å². The molecule has 1 aromatic rings. The summed E-state index contributed by atoms with van der Waals surface area (Å²) in [6.45, 7) is 0. The average molecular weight is 210 g/mol. The third kappa shape index (κ3) is 2.30. The van der Waals surface area contributed by atoms with Crippen LogP contribution in [0.25, 0.3) is 0 Å². The van der Waals surface area contributed by atoms with Crippen molar-refractivity contribution in [3.63, 3.8) is 0 Å². The Hall–Kier alpha value is -1.49. The quantitative estimate of drug-likeness (QED) is 0.746. The fraction of sp³-hybridized carbons (Fsp3) is 0.400. The molecule has 4 nitrogen and oxygen atoms in total. The first-order valence-corrected chi connectivity index (χ1v) is 4.75. The molecule has 1 aliphatic carbocycles. The molecule has 2 rings (SSSR count). The Morgan fingerprint density at radius 3 is 2.80 bits per heavy atom. The molecule has 0 spiro atoms. The molecule has 0 radical (unpaired) electrons. The van der Waals surface area contributed by atoms with E-state index in [0.29, 0.717) is 12.8 Å². The van der Waals surface area contributed by atoms with Gasteiger partial charge in [0, 0.05) is 6.04 Å². The zero-order chi connectivity index (χ0) is 10.8. The highest BCUT2D eigenvalue weighted by molar-refractivity contribution is 5.92. The van der Waals surface area contributed by atoms with E-state index in [-0.39, 0.29) is 23.7 Å². The Morgan fingerprint density at radius 2 is 2.27 bits per heavy atom. The van der Waals surface area contributed by atoms with Gasteiger partial charge in [-0.3, -0.25) is 4.79 Å². The van der Waals surface area contributed by atoms with Gasteiger partial charge in [0.1, 0.15) is 11.5 Å². The zero-order valence-corrected chi connectivity index (χ0v) is 7.98. The summed E-state index contributed by atoms with van der Waals surface area (Å²) < 4.78 is 12.5. The number of pyridine rings is 1. The molecular weight excluding hydrogens is 199 g/mol. The molecule has 0 aliphatic heterocycles. The van der Waals surface area contributed by atoms with Crippen LogP contribution in [0.1, 0.15) is 23.3 Å². The molecule has 1 aliphatic rings. The lowest BCUT2D eigenvalue weighted by Crippen LogP contribution is -2.46. The molecule has 1 heterocycles. The molecule has 5 heteroatoms. The molecular formula is C10H11FN2O2. The topological polar surface area (TPSA) is 62.2 Å². The van der Waals surface area contributed by atoms with Crippen LogP contribution in [0, 0.1) is 5.82 Å². The van der Waals surface area contributed by atoms with E-state index in [4.69, 9.17) is 5.11 Å². The molecule has 2 N–H and O–H groups in total. The number of rotatable bonds is 2. The van der Waals surface area contributed by atoms with E-state index in [0.717, 1.165) is 6.20 Å². The highest BCUT2D eigenvalue weighted by Gasteiger charge is 2.28. The van der Waals surface area contributed by atoms with Crippen molar-refractivity contribution in [2.24, 2.45) is 0 Å². The summed E-state index contributed by atoms with van der Waals surface area (Å²) in [6.07, 6.45) is 1.85. The normalized spacial score (nSPS) is 24.4. The van der Waals surface area contributed by atoms with Gasteiger partial charge in [0.2, 0.25) is 0 Å². The van der Waals surface area contributed by atoms with Crippen molar-refractivity contribution in [2.45, 2.75) is 25.0 Å². The number of halogens is 1. The second kappa shape index (κ2) is 3.94. The molecule has 0 saturated heterocycles. The molecule has 1 aromatic heterocycles. The Labute approximate surface area is 86.1 Å². The standard InChI is InChI=1S/C10H11FN2O2/c11-6-1-2-9(12-5-6)10(15)13-7-3-8(14)4-7/h1-2,5,7-8,14H,3-4H2,(H,13,15). The number of nitrogens with one attached hydrogen (secondary N) is 1. The van der Waals surface area contributed by atoms with E-state index in [2.05, 4.69) is 10.3 Å². The van der Waals surface area contributed by atoms with Crippen molar-refractivity contribution in [1.29, 1.82) is 0 Å². The SMILES string of the molecule is O=C(NC1CC(O)C1)c1ccc(F)cn1. The van der Waals surface area contributed by atoms with Gasteiger partial charge in [-0.1, -0.05) is 0 Å². The second-order valence-corrected chi connectivity index (χ2v) is 3.66. The van der Waals surface area contributed by atoms with Gasteiger partial charge < -0.3 is 10.4 Å². The van der Waals surface area contributed by atoms with E-state index < -0.39 is 5.82 Å². The Morgan fingerprint density at radius 1 is 1.53 bits per heavy atom. The lowest BCUT2D eigenvalue weighted by molar-refractivity contribution is 0.0560. The van der Waals surface area contributed by atoms with Crippen molar-refractivity contribution >= 4 is 5.91 Å². The molecule has 0 atom stereocenters. The third-order valence-corrected chi connectivity index (χ3v) is 2.41. The van der Waals surface area contributed by atoms with Crippen molar-refractivity contribution in [1.82, 2.24) is 10.3 Å². The van der Waals surface area contributed by atoms with E-state index in [9.17, 15) is 9.18 Å². The van der Waals surface area contributed by atoms with Crippen molar-refractivity contribution < 1.29 is 14.3 Å². The maximum absolute atomic E-state index is 12.5. The molecule has 80 valence electrons. The number of hydrogen-bond acceptors (Lipinski definition) is 3. The molecule has 0 aromatic carbocycles. The predicted octanol–water partition coefficient (Wildman–Crippen LogP) is 0.474. The van der Waals surface area contributed by atoms with E-state index in [1.807, 2.05) is 0 Å². The summed E-state index contributed by atoms with van der Waals surface area (Å²) in [7, 11) is 0. The fourth-order valence-corrected chi connectivity index (χ4v) is 1.48. The maximum Gasteiger partial charge on any atom is 0.270 e. The van der Waals surface area contributed by atoms with Crippen LogP contribution in [-0.2, 0) is 0 Å². The first-order chi connectivity index (χ1) is 7.15. The highest BCUT2D eigenvalue weighted by Crippen LogP contribution is 2.19. The number of aromatic nitrogens is 1. The van der Waals surface area contributed by atoms with Crippen molar-refractivity contribution in [3.8, 4) is 0 Å². The minimum Gasteiger partial charge on any atom is -0.393 e. The van der Waals surface area contributed by atoms with Crippen LogP contribution in [-0.4, -0.2) is 28.1 Å². The van der Waals surface area contributed by atoms with Crippen LogP contribution in [0.4, 0.5) is 4.39 Å². The molecule has 1 amide bonds. The summed E-state index contributed by atoms with van der Waals surface area (Å²) in [5, 5.41) is 11.7. The number of nitrogens with zero attached hydrogens (tertiary/aromatic N) is 1. The minimum atomic E-state index is -0.467. The first kappa shape index (κ1) is 10.0. The van der Waals surface area contributed by atoms with Gasteiger partial charge in [-0.2, -0.15) is 0 Å². The average Bonchev–Trinajstić information content (AvgIpc) is 2.16. The van der Waals surface area contributed by atoms with E-state index in [1.165, 1.54) is 12.1 Å². The zero-order valence-electron chi connectivity index (χ0n) is 7.98. The van der Waals surface area contributed by atoms with Gasteiger partial charge in [0.05, 0.1) is 12.3 Å². The second-order valence-electron chi connectivity index (χ2n) is 3.66. The number of aliphatic hydroxyl groups excluding tert-OH is 1. The molecule has 0 bridgehead atoms. The van der Waals surface area contributed by atoms with Crippen LogP contribution in [0.3, 0.4) is 0 Å². The lowest BCUT2D eigenvalue weighted by Gasteiger charge is -2.31. The summed E-state index contributed by atoms with van der Waals surface area (Å²) in [5.41, 5.74) is 0.192. The van der Waals surface area contributed by atoms with Crippen LogP contribution in [0.15, 0.2) is 18.3 Å². The highest BCUT2D eigenvalue weighted by atomic mass is 19.1. The monoisotopic (exact) mass is 210 g/mol. The van der Waals surface area contributed by atoms with E-state index >= 15 is 0 Å². The fourth-order valence-electron chi connectivity index (χ4n) is 1.48. The largest absolute Gasteiger partial charge is 0.393 e. The third-order valence-electron chi connectivity index (χ3n) is 2.41. The lowest BCUT2D eigenvalue weighted by atomic mass is 9.89. The molecule has 1 fully saturated rings. The maximum atomic E-state index is 12.5. The van der Waals surface area contributed by atoms with Crippen LogP contribution in [0.5, 0.6) is 0 Å².